The van der Waals surface area contributed by atoms with E-state index in [1.54, 1.807) is 30.3 Å². The summed E-state index contributed by atoms with van der Waals surface area (Å²) in [4.78, 5) is 36.8. The van der Waals surface area contributed by atoms with Crippen LogP contribution in [0.1, 0.15) is 74.8 Å². The largest absolute Gasteiger partial charge is 0.461 e. The third kappa shape index (κ3) is 7.01. The van der Waals surface area contributed by atoms with E-state index in [4.69, 9.17) is 21.1 Å². The lowest BCUT2D eigenvalue weighted by molar-refractivity contribution is -0.129. The minimum Gasteiger partial charge on any atom is -0.461 e. The van der Waals surface area contributed by atoms with E-state index in [0.717, 1.165) is 42.5 Å². The summed E-state index contributed by atoms with van der Waals surface area (Å²) >= 11 is 0. The summed E-state index contributed by atoms with van der Waals surface area (Å²) < 4.78 is 36.5. The van der Waals surface area contributed by atoms with Gasteiger partial charge in [0, 0.05) is 51.0 Å². The number of carbonyl (C=O) groups excluding carboxylic acids is 1. The lowest BCUT2D eigenvalue weighted by Crippen LogP contribution is -2.53. The zero-order chi connectivity index (χ0) is 37.5. The maximum absolute atomic E-state index is 15.1. The number of amides is 1. The van der Waals surface area contributed by atoms with Gasteiger partial charge in [-0.2, -0.15) is 9.97 Å². The standard InChI is InChI=1S/C40H48F2N8O3/c1-6-30-32(42)13-10-26-17-39(4,52)23-49(35(26)30)28-11-12-31-33(16-28)46-37(47-36(31)45-22-40(14-8-9-15-40)48(5)34(51)7-2)53-24-38(3)18-27(41)21-50(38)29-19-43-25-44-20-29/h1,7,10,13,19-20,25,27-28,52H,2,8-9,11-12,14-18,21-24H2,3-5H3,(H,45,46,47)/t27-,28-,38+,39-/m1/s1. The van der Waals surface area contributed by atoms with Crippen molar-refractivity contribution >= 4 is 23.1 Å². The molecule has 3 aromatic rings. The molecular weight excluding hydrogens is 678 g/mol. The van der Waals surface area contributed by atoms with E-state index < -0.39 is 28.7 Å². The van der Waals surface area contributed by atoms with Gasteiger partial charge in [-0.05, 0) is 57.2 Å². The van der Waals surface area contributed by atoms with Gasteiger partial charge in [-0.25, -0.2) is 18.7 Å². The Morgan fingerprint density at radius 1 is 1.25 bits per heavy atom. The van der Waals surface area contributed by atoms with Gasteiger partial charge in [0.15, 0.2) is 0 Å². The van der Waals surface area contributed by atoms with Gasteiger partial charge in [-0.1, -0.05) is 31.4 Å². The van der Waals surface area contributed by atoms with Crippen LogP contribution in [0.25, 0.3) is 0 Å². The number of aromatic nitrogens is 4. The van der Waals surface area contributed by atoms with Crippen molar-refractivity contribution in [2.75, 3.05) is 48.4 Å². The number of likely N-dealkylation sites (N-methyl/N-ethyl adjacent to an activating group) is 1. The number of halogens is 2. The number of benzene rings is 1. The summed E-state index contributed by atoms with van der Waals surface area (Å²) in [6, 6.07) is 3.08. The molecule has 4 atom stereocenters. The molecule has 13 heteroatoms. The molecule has 0 unspecified atom stereocenters. The number of hydrogen-bond acceptors (Lipinski definition) is 10. The summed E-state index contributed by atoms with van der Waals surface area (Å²) in [5.74, 6) is 2.60. The molecule has 2 fully saturated rings. The van der Waals surface area contributed by atoms with Gasteiger partial charge in [0.1, 0.15) is 30.7 Å². The highest BCUT2D eigenvalue weighted by Crippen LogP contribution is 2.42. The molecule has 4 aliphatic rings. The molecular formula is C40H48F2N8O3. The van der Waals surface area contributed by atoms with Gasteiger partial charge in [0.2, 0.25) is 5.91 Å². The van der Waals surface area contributed by atoms with Crippen molar-refractivity contribution in [2.45, 2.75) is 101 Å². The highest BCUT2D eigenvalue weighted by atomic mass is 19.1. The Kier molecular flexibility index (Phi) is 9.78. The maximum Gasteiger partial charge on any atom is 0.318 e. The van der Waals surface area contributed by atoms with Crippen LogP contribution in [-0.4, -0.2) is 98.0 Å². The van der Waals surface area contributed by atoms with Crippen molar-refractivity contribution in [3.05, 3.63) is 71.7 Å². The number of nitrogens with zero attached hydrogens (tertiary/aromatic N) is 7. The zero-order valence-electron chi connectivity index (χ0n) is 30.7. The average Bonchev–Trinajstić information content (AvgIpc) is 3.76. The topological polar surface area (TPSA) is 120 Å². The Labute approximate surface area is 309 Å². The fourth-order valence-corrected chi connectivity index (χ4v) is 9.05. The Hall–Kier alpha value is -4.83. The van der Waals surface area contributed by atoms with Crippen LogP contribution in [0.3, 0.4) is 0 Å². The Balaban J connectivity index is 1.22. The molecule has 2 N–H and O–H groups in total. The number of hydrogen-bond donors (Lipinski definition) is 2. The van der Waals surface area contributed by atoms with Gasteiger partial charge in [0.05, 0.1) is 58.2 Å². The van der Waals surface area contributed by atoms with Crippen LogP contribution in [0.15, 0.2) is 43.5 Å². The number of fused-ring (bicyclic) bond motifs is 2. The molecule has 280 valence electrons. The number of nitrogens with one attached hydrogen (secondary N) is 1. The predicted octanol–water partition coefficient (Wildman–Crippen LogP) is 4.81. The fraction of sp³-hybridized carbons (Fsp3) is 0.525. The summed E-state index contributed by atoms with van der Waals surface area (Å²) in [5.41, 5.74) is 1.88. The summed E-state index contributed by atoms with van der Waals surface area (Å²) in [6.07, 6.45) is 17.0. The molecule has 7 rings (SSSR count). The Bertz CT molecular complexity index is 1910. The molecule has 1 aromatic carbocycles. The molecule has 0 radical (unpaired) electrons. The SMILES string of the molecule is C#Cc1c(F)ccc2c1N([C@@H]1CCc3c(nc(OC[C@]4(C)C[C@@H](F)CN4c4cncnc4)nc3NCC3(N(C)C(=O)C=C)CCCC3)C1)C[C@](C)(O)C2. The number of carbonyl (C=O) groups is 1. The molecule has 53 heavy (non-hydrogen) atoms. The van der Waals surface area contributed by atoms with Gasteiger partial charge in [0.25, 0.3) is 0 Å². The third-order valence-electron chi connectivity index (χ3n) is 11.8. The molecule has 1 saturated heterocycles. The second kappa shape index (κ2) is 14.2. The van der Waals surface area contributed by atoms with Crippen LogP contribution in [0.2, 0.25) is 0 Å². The highest BCUT2D eigenvalue weighted by molar-refractivity contribution is 5.87. The van der Waals surface area contributed by atoms with Gasteiger partial charge >= 0.3 is 6.01 Å². The highest BCUT2D eigenvalue weighted by Gasteiger charge is 2.45. The minimum atomic E-state index is -1.06. The quantitative estimate of drug-likeness (QED) is 0.223. The first-order valence-corrected chi connectivity index (χ1v) is 18.5. The van der Waals surface area contributed by atoms with Crippen molar-refractivity contribution < 1.29 is 23.4 Å². The molecule has 2 aliphatic heterocycles. The van der Waals surface area contributed by atoms with E-state index >= 15 is 4.39 Å². The normalized spacial score (nSPS) is 26.0. The smallest absolute Gasteiger partial charge is 0.318 e. The van der Waals surface area contributed by atoms with Gasteiger partial charge in [-0.15, -0.1) is 6.42 Å². The van der Waals surface area contributed by atoms with Crippen LogP contribution in [0, 0.1) is 18.2 Å². The second-order valence-corrected chi connectivity index (χ2v) is 15.7. The molecule has 2 aromatic heterocycles. The lowest BCUT2D eigenvalue weighted by Gasteiger charge is -2.45. The van der Waals surface area contributed by atoms with Crippen molar-refractivity contribution in [1.29, 1.82) is 0 Å². The molecule has 4 heterocycles. The zero-order valence-corrected chi connectivity index (χ0v) is 30.7. The number of terminal acetylenes is 1. The molecule has 11 nitrogen and oxygen atoms in total. The Morgan fingerprint density at radius 2 is 2.00 bits per heavy atom. The summed E-state index contributed by atoms with van der Waals surface area (Å²) in [5, 5.41) is 15.0. The fourth-order valence-electron chi connectivity index (χ4n) is 9.05. The number of anilines is 3. The van der Waals surface area contributed by atoms with E-state index in [9.17, 15) is 14.3 Å². The first-order valence-electron chi connectivity index (χ1n) is 18.5. The van der Waals surface area contributed by atoms with E-state index in [-0.39, 0.29) is 49.6 Å². The van der Waals surface area contributed by atoms with Crippen LogP contribution >= 0.6 is 0 Å². The Morgan fingerprint density at radius 3 is 2.72 bits per heavy atom. The van der Waals surface area contributed by atoms with Crippen molar-refractivity contribution in [3.8, 4) is 18.4 Å². The van der Waals surface area contributed by atoms with Crippen molar-refractivity contribution in [3.63, 3.8) is 0 Å². The number of ether oxygens (including phenoxy) is 1. The number of alkyl halides is 1. The molecule has 1 amide bonds. The van der Waals surface area contributed by atoms with E-state index in [2.05, 4.69) is 32.7 Å². The maximum atomic E-state index is 15.1. The van der Waals surface area contributed by atoms with Crippen LogP contribution in [-0.2, 0) is 24.1 Å². The number of aliphatic hydroxyl groups is 1. The van der Waals surface area contributed by atoms with Gasteiger partial charge < -0.3 is 29.9 Å². The minimum absolute atomic E-state index is 0.109. The first-order chi connectivity index (χ1) is 25.3. The third-order valence-corrected chi connectivity index (χ3v) is 11.8. The molecule has 0 spiro atoms. The van der Waals surface area contributed by atoms with Crippen LogP contribution in [0.4, 0.5) is 26.0 Å². The summed E-state index contributed by atoms with van der Waals surface area (Å²) in [7, 11) is 1.83. The number of β-amino-alcohol motifs (C(OH)–C–C–N with tert-alkyl or cyclic N) is 1. The molecule has 2 aliphatic carbocycles. The number of rotatable bonds is 10. The van der Waals surface area contributed by atoms with E-state index in [0.29, 0.717) is 49.4 Å². The van der Waals surface area contributed by atoms with Crippen LogP contribution < -0.4 is 19.9 Å². The predicted molar refractivity (Wildman–Crippen MR) is 199 cm³/mol. The van der Waals surface area contributed by atoms with Crippen molar-refractivity contribution in [2.24, 2.45) is 0 Å². The summed E-state index contributed by atoms with van der Waals surface area (Å²) in [6.45, 7) is 8.51. The lowest BCUT2D eigenvalue weighted by atomic mass is 9.84. The first kappa shape index (κ1) is 36.5. The average molecular weight is 727 g/mol. The second-order valence-electron chi connectivity index (χ2n) is 15.7. The van der Waals surface area contributed by atoms with Gasteiger partial charge in [-0.3, -0.25) is 4.79 Å². The molecule has 1 saturated carbocycles. The van der Waals surface area contributed by atoms with Crippen molar-refractivity contribution in [1.82, 2.24) is 24.8 Å². The van der Waals surface area contributed by atoms with E-state index in [1.165, 1.54) is 18.5 Å². The monoisotopic (exact) mass is 726 g/mol. The van der Waals surface area contributed by atoms with Crippen LogP contribution in [0.5, 0.6) is 6.01 Å². The van der Waals surface area contributed by atoms with E-state index in [1.807, 2.05) is 18.9 Å². The molecule has 0 bridgehead atoms.